The second-order valence-electron chi connectivity index (χ2n) is 8.07. The highest BCUT2D eigenvalue weighted by atomic mass is 16.5. The first-order valence-electron chi connectivity index (χ1n) is 9.74. The van der Waals surface area contributed by atoms with E-state index in [-0.39, 0.29) is 18.7 Å². The molecule has 1 saturated heterocycles. The molecular weight excluding hydrogens is 370 g/mol. The van der Waals surface area contributed by atoms with Gasteiger partial charge in [0.25, 0.3) is 0 Å². The largest absolute Gasteiger partial charge is 0.481 e. The maximum absolute atomic E-state index is 12.1. The molecule has 164 valence electrons. The maximum Gasteiger partial charge on any atom is 0.306 e. The van der Waals surface area contributed by atoms with E-state index in [9.17, 15) is 35.1 Å². The van der Waals surface area contributed by atoms with Crippen molar-refractivity contribution in [2.75, 3.05) is 7.05 Å². The van der Waals surface area contributed by atoms with Crippen LogP contribution in [0.4, 0.5) is 0 Å². The summed E-state index contributed by atoms with van der Waals surface area (Å²) in [6, 6.07) is 0. The van der Waals surface area contributed by atoms with Crippen LogP contribution in [0.1, 0.15) is 40.5 Å². The zero-order chi connectivity index (χ0) is 21.8. The molecule has 0 aromatic heterocycles. The minimum atomic E-state index is -1.43. The molecular formula is C19H35NO8. The molecule has 1 amide bonds. The number of hydrogen-bond acceptors (Lipinski definition) is 7. The Morgan fingerprint density at radius 3 is 2.11 bits per heavy atom. The molecule has 1 heterocycles. The number of carboxylic acid groups (broad SMARTS) is 1. The Morgan fingerprint density at radius 1 is 1.11 bits per heavy atom. The molecule has 0 aliphatic carbocycles. The Hall–Kier alpha value is -1.26. The summed E-state index contributed by atoms with van der Waals surface area (Å²) in [4.78, 5) is 23.7. The zero-order valence-corrected chi connectivity index (χ0v) is 17.1. The van der Waals surface area contributed by atoms with Gasteiger partial charge < -0.3 is 35.6 Å². The molecule has 6 N–H and O–H groups in total. The van der Waals surface area contributed by atoms with Crippen LogP contribution in [-0.2, 0) is 14.3 Å². The summed E-state index contributed by atoms with van der Waals surface area (Å²) in [7, 11) is 1.45. The van der Waals surface area contributed by atoms with E-state index in [1.54, 1.807) is 13.8 Å². The Bertz CT molecular complexity index is 526. The van der Waals surface area contributed by atoms with Crippen LogP contribution in [0.2, 0.25) is 0 Å². The van der Waals surface area contributed by atoms with Crippen molar-refractivity contribution in [2.45, 2.75) is 77.2 Å². The summed E-state index contributed by atoms with van der Waals surface area (Å²) < 4.78 is 5.65. The summed E-state index contributed by atoms with van der Waals surface area (Å²) in [5, 5.41) is 52.7. The standard InChI is InChI=1S/C19H35NO8/c1-8(6-12(19(26)27)9(2)10(3)21)15(23)16(24)17-13(18(25)20-5)7-14(28-17)11(4)22/h8-17,21-24H,6-7H2,1-5H3,(H,20,25)(H,26,27)/t8-,9-,10?,11?,12-,13+,14+,15?,16?,17-/m0/s1. The van der Waals surface area contributed by atoms with E-state index in [0.29, 0.717) is 0 Å². The quantitative estimate of drug-likeness (QED) is 0.280. The monoisotopic (exact) mass is 405 g/mol. The van der Waals surface area contributed by atoms with Gasteiger partial charge in [-0.05, 0) is 38.5 Å². The number of rotatable bonds is 10. The van der Waals surface area contributed by atoms with Gasteiger partial charge in [0, 0.05) is 7.05 Å². The SMILES string of the molecule is CNC(=O)[C@@H]1C[C@H](C(C)O)O[C@@H]1C(O)C(O)[C@@H](C)C[C@H](C(=O)O)[C@@H](C)C(C)O. The summed E-state index contributed by atoms with van der Waals surface area (Å²) in [5.41, 5.74) is 0. The third kappa shape index (κ3) is 5.87. The number of aliphatic carboxylic acids is 1. The van der Waals surface area contributed by atoms with Gasteiger partial charge in [-0.3, -0.25) is 9.59 Å². The zero-order valence-electron chi connectivity index (χ0n) is 17.1. The molecule has 1 rings (SSSR count). The van der Waals surface area contributed by atoms with Gasteiger partial charge in [0.1, 0.15) is 6.10 Å². The number of carbonyl (C=O) groups is 2. The highest BCUT2D eigenvalue weighted by Crippen LogP contribution is 2.34. The van der Waals surface area contributed by atoms with Crippen molar-refractivity contribution >= 4 is 11.9 Å². The fourth-order valence-electron chi connectivity index (χ4n) is 3.75. The summed E-state index contributed by atoms with van der Waals surface area (Å²) in [6.45, 7) is 6.25. The molecule has 0 radical (unpaired) electrons. The molecule has 0 aromatic rings. The van der Waals surface area contributed by atoms with Crippen molar-refractivity contribution in [3.63, 3.8) is 0 Å². The molecule has 28 heavy (non-hydrogen) atoms. The molecule has 9 heteroatoms. The molecule has 9 nitrogen and oxygen atoms in total. The average molecular weight is 405 g/mol. The van der Waals surface area contributed by atoms with Crippen molar-refractivity contribution in [3.8, 4) is 0 Å². The van der Waals surface area contributed by atoms with Crippen LogP contribution >= 0.6 is 0 Å². The normalized spacial score (nSPS) is 30.0. The van der Waals surface area contributed by atoms with Gasteiger partial charge in [-0.1, -0.05) is 13.8 Å². The van der Waals surface area contributed by atoms with E-state index in [4.69, 9.17) is 4.74 Å². The third-order valence-corrected chi connectivity index (χ3v) is 5.94. The van der Waals surface area contributed by atoms with Crippen LogP contribution in [0.25, 0.3) is 0 Å². The first-order chi connectivity index (χ1) is 12.9. The lowest BCUT2D eigenvalue weighted by Crippen LogP contribution is -2.48. The van der Waals surface area contributed by atoms with Gasteiger partial charge in [-0.15, -0.1) is 0 Å². The van der Waals surface area contributed by atoms with Gasteiger partial charge in [0.2, 0.25) is 5.91 Å². The molecule has 0 aromatic carbocycles. The van der Waals surface area contributed by atoms with Gasteiger partial charge in [0.15, 0.2) is 0 Å². The number of amides is 1. The lowest BCUT2D eigenvalue weighted by atomic mass is 9.79. The van der Waals surface area contributed by atoms with Crippen molar-refractivity contribution in [1.29, 1.82) is 0 Å². The van der Waals surface area contributed by atoms with Crippen molar-refractivity contribution < 1.29 is 39.9 Å². The smallest absolute Gasteiger partial charge is 0.306 e. The number of carboxylic acids is 1. The van der Waals surface area contributed by atoms with Crippen LogP contribution in [0.15, 0.2) is 0 Å². The second kappa shape index (κ2) is 10.5. The van der Waals surface area contributed by atoms with Crippen LogP contribution in [-0.4, -0.2) is 81.1 Å². The maximum atomic E-state index is 12.1. The van der Waals surface area contributed by atoms with Gasteiger partial charge in [-0.2, -0.15) is 0 Å². The van der Waals surface area contributed by atoms with E-state index < -0.39 is 66.3 Å². The predicted molar refractivity (Wildman–Crippen MR) is 100 cm³/mol. The third-order valence-electron chi connectivity index (χ3n) is 5.94. The van der Waals surface area contributed by atoms with Crippen molar-refractivity contribution in [2.24, 2.45) is 23.7 Å². The Kier molecular flexibility index (Phi) is 9.29. The van der Waals surface area contributed by atoms with E-state index >= 15 is 0 Å². The number of nitrogens with one attached hydrogen (secondary N) is 1. The van der Waals surface area contributed by atoms with Crippen LogP contribution in [0.3, 0.4) is 0 Å². The second-order valence-corrected chi connectivity index (χ2v) is 8.07. The van der Waals surface area contributed by atoms with Crippen LogP contribution in [0.5, 0.6) is 0 Å². The number of carbonyl (C=O) groups excluding carboxylic acids is 1. The predicted octanol–water partition coefficient (Wildman–Crippen LogP) is -0.647. The topological polar surface area (TPSA) is 157 Å². The van der Waals surface area contributed by atoms with E-state index in [1.807, 2.05) is 0 Å². The van der Waals surface area contributed by atoms with E-state index in [2.05, 4.69) is 5.32 Å². The number of ether oxygens (including phenoxy) is 1. The molecule has 0 saturated carbocycles. The summed E-state index contributed by atoms with van der Waals surface area (Å²) >= 11 is 0. The summed E-state index contributed by atoms with van der Waals surface area (Å²) in [5.74, 6) is -4.26. The Balaban J connectivity index is 2.91. The molecule has 10 atom stereocenters. The van der Waals surface area contributed by atoms with Crippen molar-refractivity contribution in [3.05, 3.63) is 0 Å². The van der Waals surface area contributed by atoms with Crippen LogP contribution in [0, 0.1) is 23.7 Å². The first kappa shape index (κ1) is 24.8. The highest BCUT2D eigenvalue weighted by molar-refractivity contribution is 5.79. The number of aliphatic hydroxyl groups is 4. The van der Waals surface area contributed by atoms with Crippen molar-refractivity contribution in [1.82, 2.24) is 5.32 Å². The van der Waals surface area contributed by atoms with Gasteiger partial charge in [0.05, 0.1) is 42.4 Å². The highest BCUT2D eigenvalue weighted by Gasteiger charge is 2.47. The Labute approximate surface area is 165 Å². The first-order valence-corrected chi connectivity index (χ1v) is 9.74. The molecule has 1 aliphatic heterocycles. The minimum Gasteiger partial charge on any atom is -0.481 e. The minimum absolute atomic E-state index is 0.0385. The Morgan fingerprint density at radius 2 is 1.68 bits per heavy atom. The fourth-order valence-corrected chi connectivity index (χ4v) is 3.75. The van der Waals surface area contributed by atoms with E-state index in [1.165, 1.54) is 20.9 Å². The lowest BCUT2D eigenvalue weighted by Gasteiger charge is -2.32. The number of aliphatic hydroxyl groups excluding tert-OH is 4. The molecule has 0 spiro atoms. The lowest BCUT2D eigenvalue weighted by molar-refractivity contribution is -0.149. The molecule has 0 bridgehead atoms. The molecule has 1 aliphatic rings. The molecule has 1 fully saturated rings. The van der Waals surface area contributed by atoms with E-state index in [0.717, 1.165) is 0 Å². The van der Waals surface area contributed by atoms with Crippen LogP contribution < -0.4 is 5.32 Å². The fraction of sp³-hybridized carbons (Fsp3) is 0.895. The average Bonchev–Trinajstić information content (AvgIpc) is 3.08. The van der Waals surface area contributed by atoms with Gasteiger partial charge in [-0.25, -0.2) is 0 Å². The summed E-state index contributed by atoms with van der Waals surface area (Å²) in [6.07, 6.45) is -5.88. The number of hydrogen-bond donors (Lipinski definition) is 6. The molecule has 4 unspecified atom stereocenters. The van der Waals surface area contributed by atoms with Gasteiger partial charge >= 0.3 is 5.97 Å².